The molecule has 0 saturated carbocycles. The average molecular weight is 335 g/mol. The first-order valence-corrected chi connectivity index (χ1v) is 6.69. The minimum absolute atomic E-state index is 0. The van der Waals surface area contributed by atoms with Gasteiger partial charge in [-0.15, -0.1) is 31.4 Å². The van der Waals surface area contributed by atoms with Crippen LogP contribution in [0.4, 0.5) is 0 Å². The Morgan fingerprint density at radius 3 is 2.57 bits per heavy atom. The van der Waals surface area contributed by atoms with Gasteiger partial charge in [0.05, 0.1) is 7.11 Å². The highest BCUT2D eigenvalue weighted by atomic mass is 35.5. The second kappa shape index (κ2) is 9.90. The number of benzene rings is 1. The molecule has 1 aliphatic rings. The standard InChI is InChI=1S/C15H22N2O2.2ClH/c1-3-4-14(17-9-7-16-8-10-17)13-6-5-12(19-2)11-15(13)18;;/h3,5-6,11,14,16,18H,1,4,7-10H2,2H3;2*1H/t14-;;/m1../s1. The molecule has 1 aromatic carbocycles. The number of nitrogens with one attached hydrogen (secondary N) is 1. The molecule has 0 amide bonds. The Hall–Kier alpha value is -0.940. The number of methoxy groups -OCH3 is 1. The van der Waals surface area contributed by atoms with E-state index in [1.54, 1.807) is 13.2 Å². The van der Waals surface area contributed by atoms with Crippen LogP contribution >= 0.6 is 24.8 Å². The SMILES string of the molecule is C=CC[C@H](c1ccc(OC)cc1O)N1CCNCC1.Cl.Cl. The lowest BCUT2D eigenvalue weighted by molar-refractivity contribution is 0.172. The van der Waals surface area contributed by atoms with E-state index < -0.39 is 0 Å². The highest BCUT2D eigenvalue weighted by Crippen LogP contribution is 2.34. The van der Waals surface area contributed by atoms with Crippen molar-refractivity contribution < 1.29 is 9.84 Å². The second-order valence-corrected chi connectivity index (χ2v) is 4.75. The summed E-state index contributed by atoms with van der Waals surface area (Å²) in [6.07, 6.45) is 2.75. The Morgan fingerprint density at radius 2 is 2.05 bits per heavy atom. The Morgan fingerprint density at radius 1 is 1.38 bits per heavy atom. The maximum Gasteiger partial charge on any atom is 0.124 e. The largest absolute Gasteiger partial charge is 0.507 e. The summed E-state index contributed by atoms with van der Waals surface area (Å²) in [5, 5.41) is 13.5. The van der Waals surface area contributed by atoms with Gasteiger partial charge in [-0.25, -0.2) is 0 Å². The van der Waals surface area contributed by atoms with E-state index in [0.29, 0.717) is 11.5 Å². The number of phenolic OH excluding ortho intramolecular Hbond substituents is 1. The first-order chi connectivity index (χ1) is 9.26. The minimum Gasteiger partial charge on any atom is -0.507 e. The van der Waals surface area contributed by atoms with E-state index in [4.69, 9.17) is 4.74 Å². The molecule has 0 bridgehead atoms. The molecule has 2 rings (SSSR count). The molecule has 0 unspecified atom stereocenters. The van der Waals surface area contributed by atoms with E-state index in [9.17, 15) is 5.11 Å². The molecule has 120 valence electrons. The molecule has 0 radical (unpaired) electrons. The van der Waals surface area contributed by atoms with Crippen molar-refractivity contribution in [2.45, 2.75) is 12.5 Å². The molecule has 1 saturated heterocycles. The molecule has 1 heterocycles. The summed E-state index contributed by atoms with van der Waals surface area (Å²) in [6, 6.07) is 5.70. The van der Waals surface area contributed by atoms with Crippen LogP contribution < -0.4 is 10.1 Å². The number of piperazine rings is 1. The third-order valence-electron chi connectivity index (χ3n) is 3.58. The Labute approximate surface area is 139 Å². The van der Waals surface area contributed by atoms with E-state index in [-0.39, 0.29) is 30.9 Å². The zero-order valence-electron chi connectivity index (χ0n) is 12.2. The van der Waals surface area contributed by atoms with Crippen molar-refractivity contribution in [3.05, 3.63) is 36.4 Å². The van der Waals surface area contributed by atoms with Crippen LogP contribution in [-0.2, 0) is 0 Å². The summed E-state index contributed by atoms with van der Waals surface area (Å²) in [5.41, 5.74) is 0.947. The normalized spacial score (nSPS) is 16.2. The van der Waals surface area contributed by atoms with Gasteiger partial charge >= 0.3 is 0 Å². The van der Waals surface area contributed by atoms with E-state index in [1.807, 2.05) is 18.2 Å². The third-order valence-corrected chi connectivity index (χ3v) is 3.58. The lowest BCUT2D eigenvalue weighted by Gasteiger charge is -2.35. The third kappa shape index (κ3) is 5.08. The Kier molecular flexibility index (Phi) is 9.46. The fourth-order valence-corrected chi connectivity index (χ4v) is 2.56. The van der Waals surface area contributed by atoms with Gasteiger partial charge in [0.1, 0.15) is 11.5 Å². The second-order valence-electron chi connectivity index (χ2n) is 4.75. The molecule has 1 aliphatic heterocycles. The molecule has 4 nitrogen and oxygen atoms in total. The van der Waals surface area contributed by atoms with Crippen molar-refractivity contribution in [2.75, 3.05) is 33.3 Å². The fourth-order valence-electron chi connectivity index (χ4n) is 2.56. The summed E-state index contributed by atoms with van der Waals surface area (Å²) < 4.78 is 5.13. The summed E-state index contributed by atoms with van der Waals surface area (Å²) in [4.78, 5) is 2.39. The highest BCUT2D eigenvalue weighted by molar-refractivity contribution is 5.85. The van der Waals surface area contributed by atoms with Crippen LogP contribution in [0.25, 0.3) is 0 Å². The van der Waals surface area contributed by atoms with Crippen LogP contribution in [0.15, 0.2) is 30.9 Å². The number of aromatic hydroxyl groups is 1. The van der Waals surface area contributed by atoms with Crippen molar-refractivity contribution in [3.63, 3.8) is 0 Å². The van der Waals surface area contributed by atoms with E-state index in [2.05, 4.69) is 16.8 Å². The van der Waals surface area contributed by atoms with E-state index in [1.165, 1.54) is 0 Å². The van der Waals surface area contributed by atoms with E-state index >= 15 is 0 Å². The highest BCUT2D eigenvalue weighted by Gasteiger charge is 2.23. The van der Waals surface area contributed by atoms with Crippen LogP contribution in [0.3, 0.4) is 0 Å². The van der Waals surface area contributed by atoms with Crippen LogP contribution in [0.5, 0.6) is 11.5 Å². The van der Waals surface area contributed by atoms with Crippen LogP contribution in [0, 0.1) is 0 Å². The lowest BCUT2D eigenvalue weighted by Crippen LogP contribution is -2.45. The monoisotopic (exact) mass is 334 g/mol. The summed E-state index contributed by atoms with van der Waals surface area (Å²) in [5.74, 6) is 0.976. The average Bonchev–Trinajstić information content (AvgIpc) is 2.46. The topological polar surface area (TPSA) is 44.7 Å². The van der Waals surface area contributed by atoms with Gasteiger partial charge in [0.15, 0.2) is 0 Å². The maximum atomic E-state index is 10.2. The molecule has 1 aromatic rings. The van der Waals surface area contributed by atoms with Crippen LogP contribution in [-0.4, -0.2) is 43.3 Å². The predicted octanol–water partition coefficient (Wildman–Crippen LogP) is 2.77. The van der Waals surface area contributed by atoms with Gasteiger partial charge in [-0.1, -0.05) is 12.1 Å². The maximum absolute atomic E-state index is 10.2. The van der Waals surface area contributed by atoms with Gasteiger partial charge in [-0.2, -0.15) is 0 Å². The number of rotatable bonds is 5. The molecule has 1 atom stereocenters. The zero-order valence-corrected chi connectivity index (χ0v) is 13.9. The first kappa shape index (κ1) is 20.1. The summed E-state index contributed by atoms with van der Waals surface area (Å²) in [7, 11) is 1.60. The number of phenols is 1. The minimum atomic E-state index is 0. The molecule has 0 aromatic heterocycles. The number of hydrogen-bond acceptors (Lipinski definition) is 4. The lowest BCUT2D eigenvalue weighted by atomic mass is 10.00. The van der Waals surface area contributed by atoms with Crippen LogP contribution in [0.2, 0.25) is 0 Å². The molecular weight excluding hydrogens is 311 g/mol. The van der Waals surface area contributed by atoms with Crippen molar-refractivity contribution >= 4 is 24.8 Å². The van der Waals surface area contributed by atoms with Gasteiger partial charge in [-0.05, 0) is 12.5 Å². The number of ether oxygens (including phenoxy) is 1. The Balaban J connectivity index is 0.00000200. The molecule has 2 N–H and O–H groups in total. The van der Waals surface area contributed by atoms with E-state index in [0.717, 1.165) is 38.2 Å². The van der Waals surface area contributed by atoms with Crippen molar-refractivity contribution in [3.8, 4) is 11.5 Å². The smallest absolute Gasteiger partial charge is 0.124 e. The quantitative estimate of drug-likeness (QED) is 0.813. The van der Waals surface area contributed by atoms with Gasteiger partial charge in [-0.3, -0.25) is 4.90 Å². The molecule has 1 fully saturated rings. The van der Waals surface area contributed by atoms with Gasteiger partial charge in [0, 0.05) is 43.9 Å². The predicted molar refractivity (Wildman–Crippen MR) is 91.2 cm³/mol. The number of nitrogens with zero attached hydrogens (tertiary/aromatic N) is 1. The molecule has 21 heavy (non-hydrogen) atoms. The fraction of sp³-hybridized carbons (Fsp3) is 0.467. The van der Waals surface area contributed by atoms with Crippen LogP contribution in [0.1, 0.15) is 18.0 Å². The number of hydrogen-bond donors (Lipinski definition) is 2. The molecular formula is C15H24Cl2N2O2. The van der Waals surface area contributed by atoms with Crippen molar-refractivity contribution in [1.29, 1.82) is 0 Å². The molecule has 6 heteroatoms. The van der Waals surface area contributed by atoms with Crippen molar-refractivity contribution in [2.24, 2.45) is 0 Å². The van der Waals surface area contributed by atoms with Gasteiger partial charge in [0.2, 0.25) is 0 Å². The molecule has 0 aliphatic carbocycles. The summed E-state index contributed by atoms with van der Waals surface area (Å²) in [6.45, 7) is 7.80. The van der Waals surface area contributed by atoms with Gasteiger partial charge < -0.3 is 15.2 Å². The first-order valence-electron chi connectivity index (χ1n) is 6.69. The summed E-state index contributed by atoms with van der Waals surface area (Å²) >= 11 is 0. The zero-order chi connectivity index (χ0) is 13.7. The van der Waals surface area contributed by atoms with Gasteiger partial charge in [0.25, 0.3) is 0 Å². The molecule has 0 spiro atoms. The number of halogens is 2. The Bertz CT molecular complexity index is 438. The van der Waals surface area contributed by atoms with Crippen molar-refractivity contribution in [1.82, 2.24) is 10.2 Å².